The van der Waals surface area contributed by atoms with Gasteiger partial charge in [-0.2, -0.15) is 5.10 Å². The number of nitrogens with one attached hydrogen (secondary N) is 1. The predicted molar refractivity (Wildman–Crippen MR) is 88.9 cm³/mol. The second-order valence-electron chi connectivity index (χ2n) is 5.52. The van der Waals surface area contributed by atoms with Crippen molar-refractivity contribution >= 4 is 11.6 Å². The molecular weight excluding hydrogens is 282 g/mol. The molecule has 2 aromatic rings. The molecule has 1 aromatic carbocycles. The van der Waals surface area contributed by atoms with Crippen LogP contribution in [0.5, 0.6) is 0 Å². The monoisotopic (exact) mass is 305 g/mol. The molecule has 0 bridgehead atoms. The van der Waals surface area contributed by atoms with E-state index in [9.17, 15) is 0 Å². The normalized spacial score (nSPS) is 12.5. The lowest BCUT2D eigenvalue weighted by Gasteiger charge is -2.18. The molecule has 0 aliphatic carbocycles. The third kappa shape index (κ3) is 5.18. The predicted octanol–water partition coefficient (Wildman–Crippen LogP) is 3.79. The minimum atomic E-state index is 0.482. The van der Waals surface area contributed by atoms with Crippen molar-refractivity contribution in [2.24, 2.45) is 7.05 Å². The molecule has 0 saturated carbocycles. The van der Waals surface area contributed by atoms with E-state index in [-0.39, 0.29) is 0 Å². The zero-order chi connectivity index (χ0) is 15.1. The van der Waals surface area contributed by atoms with Gasteiger partial charge in [0.1, 0.15) is 0 Å². The minimum Gasteiger partial charge on any atom is -0.316 e. The minimum absolute atomic E-state index is 0.482. The molecule has 0 aliphatic rings. The van der Waals surface area contributed by atoms with E-state index in [0.717, 1.165) is 37.4 Å². The summed E-state index contributed by atoms with van der Waals surface area (Å²) in [6.45, 7) is 4.25. The first-order valence-corrected chi connectivity index (χ1v) is 8.00. The average molecular weight is 306 g/mol. The Balaban J connectivity index is 2.00. The third-order valence-electron chi connectivity index (χ3n) is 3.68. The van der Waals surface area contributed by atoms with E-state index in [0.29, 0.717) is 5.92 Å². The van der Waals surface area contributed by atoms with Gasteiger partial charge in [-0.1, -0.05) is 30.7 Å². The van der Waals surface area contributed by atoms with Crippen molar-refractivity contribution in [3.8, 4) is 0 Å². The Morgan fingerprint density at radius 2 is 2.24 bits per heavy atom. The van der Waals surface area contributed by atoms with Crippen molar-refractivity contribution in [3.63, 3.8) is 0 Å². The summed E-state index contributed by atoms with van der Waals surface area (Å²) in [4.78, 5) is 0. The molecule has 0 spiro atoms. The first-order valence-electron chi connectivity index (χ1n) is 7.62. The van der Waals surface area contributed by atoms with Crippen LogP contribution in [0.3, 0.4) is 0 Å². The topological polar surface area (TPSA) is 29.9 Å². The van der Waals surface area contributed by atoms with E-state index in [1.54, 1.807) is 0 Å². The van der Waals surface area contributed by atoms with Crippen LogP contribution in [0.4, 0.5) is 0 Å². The molecule has 1 aromatic heterocycles. The van der Waals surface area contributed by atoms with E-state index in [1.165, 1.54) is 11.1 Å². The molecule has 0 saturated heterocycles. The number of halogens is 1. The average Bonchev–Trinajstić information content (AvgIpc) is 2.88. The third-order valence-corrected chi connectivity index (χ3v) is 3.91. The smallest absolute Gasteiger partial charge is 0.0521 e. The molecule has 4 heteroatoms. The van der Waals surface area contributed by atoms with Crippen LogP contribution in [0.1, 0.15) is 36.8 Å². The van der Waals surface area contributed by atoms with E-state index in [2.05, 4.69) is 35.7 Å². The number of rotatable bonds is 8. The highest BCUT2D eigenvalue weighted by Crippen LogP contribution is 2.24. The number of benzene rings is 1. The highest BCUT2D eigenvalue weighted by molar-refractivity contribution is 6.30. The van der Waals surface area contributed by atoms with Gasteiger partial charge in [0.2, 0.25) is 0 Å². The van der Waals surface area contributed by atoms with Gasteiger partial charge in [0.15, 0.2) is 0 Å². The van der Waals surface area contributed by atoms with Gasteiger partial charge in [-0.05, 0) is 55.0 Å². The summed E-state index contributed by atoms with van der Waals surface area (Å²) >= 11 is 6.14. The highest BCUT2D eigenvalue weighted by atomic mass is 35.5. The maximum atomic E-state index is 6.14. The molecule has 114 valence electrons. The van der Waals surface area contributed by atoms with Gasteiger partial charge in [-0.3, -0.25) is 4.68 Å². The second-order valence-corrected chi connectivity index (χ2v) is 5.95. The Kier molecular flexibility index (Phi) is 6.27. The summed E-state index contributed by atoms with van der Waals surface area (Å²) < 4.78 is 1.86. The summed E-state index contributed by atoms with van der Waals surface area (Å²) in [6, 6.07) is 8.23. The molecule has 2 rings (SSSR count). The number of aromatic nitrogens is 2. The Morgan fingerprint density at radius 3 is 2.90 bits per heavy atom. The second kappa shape index (κ2) is 8.20. The first-order chi connectivity index (χ1) is 10.2. The van der Waals surface area contributed by atoms with E-state index in [4.69, 9.17) is 11.6 Å². The maximum absolute atomic E-state index is 6.14. The quantitative estimate of drug-likeness (QED) is 0.752. The molecule has 0 amide bonds. The van der Waals surface area contributed by atoms with Gasteiger partial charge < -0.3 is 5.32 Å². The Hall–Kier alpha value is -1.32. The van der Waals surface area contributed by atoms with Crippen LogP contribution < -0.4 is 5.32 Å². The lowest BCUT2D eigenvalue weighted by Crippen LogP contribution is -2.22. The number of aryl methyl sites for hydroxylation is 2. The van der Waals surface area contributed by atoms with Gasteiger partial charge in [0.05, 0.1) is 6.20 Å². The van der Waals surface area contributed by atoms with Gasteiger partial charge in [-0.25, -0.2) is 0 Å². The number of hydrogen-bond acceptors (Lipinski definition) is 2. The Bertz CT molecular complexity index is 550. The van der Waals surface area contributed by atoms with Gasteiger partial charge in [-0.15, -0.1) is 0 Å². The zero-order valence-corrected chi connectivity index (χ0v) is 13.6. The van der Waals surface area contributed by atoms with Crippen LogP contribution in [0, 0.1) is 0 Å². The maximum Gasteiger partial charge on any atom is 0.0521 e. The van der Waals surface area contributed by atoms with Crippen molar-refractivity contribution in [2.45, 2.75) is 32.1 Å². The molecule has 0 aliphatic heterocycles. The van der Waals surface area contributed by atoms with Crippen LogP contribution in [-0.4, -0.2) is 22.9 Å². The fourth-order valence-corrected chi connectivity index (χ4v) is 2.74. The lowest BCUT2D eigenvalue weighted by atomic mass is 9.93. The van der Waals surface area contributed by atoms with Gasteiger partial charge in [0.25, 0.3) is 0 Å². The summed E-state index contributed by atoms with van der Waals surface area (Å²) in [5.74, 6) is 0.482. The van der Waals surface area contributed by atoms with Crippen molar-refractivity contribution in [3.05, 3.63) is 52.8 Å². The summed E-state index contributed by atoms with van der Waals surface area (Å²) in [7, 11) is 1.96. The molecule has 1 unspecified atom stereocenters. The fourth-order valence-electron chi connectivity index (χ4n) is 2.54. The lowest BCUT2D eigenvalue weighted by molar-refractivity contribution is 0.548. The highest BCUT2D eigenvalue weighted by Gasteiger charge is 2.12. The molecule has 0 radical (unpaired) electrons. The van der Waals surface area contributed by atoms with E-state index in [1.807, 2.05) is 30.1 Å². The molecule has 0 fully saturated rings. The van der Waals surface area contributed by atoms with Crippen molar-refractivity contribution in [2.75, 3.05) is 13.1 Å². The first kappa shape index (κ1) is 16.1. The fraction of sp³-hybridized carbons (Fsp3) is 0.471. The molecule has 21 heavy (non-hydrogen) atoms. The Labute approximate surface area is 132 Å². The largest absolute Gasteiger partial charge is 0.316 e. The standard InChI is InChI=1S/C17H24ClN3/c1-3-9-19-12-16(15-5-4-6-17(18)10-15)8-7-14-11-20-21(2)13-14/h4-6,10-11,13,16,19H,3,7-9,12H2,1-2H3. The molecule has 1 atom stereocenters. The van der Waals surface area contributed by atoms with Crippen molar-refractivity contribution < 1.29 is 0 Å². The van der Waals surface area contributed by atoms with Crippen LogP contribution in [0.25, 0.3) is 0 Å². The van der Waals surface area contributed by atoms with Crippen molar-refractivity contribution in [1.29, 1.82) is 0 Å². The van der Waals surface area contributed by atoms with Crippen LogP contribution in [-0.2, 0) is 13.5 Å². The Morgan fingerprint density at radius 1 is 1.38 bits per heavy atom. The van der Waals surface area contributed by atoms with Crippen LogP contribution >= 0.6 is 11.6 Å². The molecule has 1 N–H and O–H groups in total. The van der Waals surface area contributed by atoms with Crippen molar-refractivity contribution in [1.82, 2.24) is 15.1 Å². The van der Waals surface area contributed by atoms with E-state index >= 15 is 0 Å². The van der Waals surface area contributed by atoms with Gasteiger partial charge in [0, 0.05) is 24.8 Å². The zero-order valence-electron chi connectivity index (χ0n) is 12.8. The molecule has 1 heterocycles. The van der Waals surface area contributed by atoms with Crippen LogP contribution in [0.15, 0.2) is 36.7 Å². The number of nitrogens with zero attached hydrogens (tertiary/aromatic N) is 2. The van der Waals surface area contributed by atoms with Gasteiger partial charge >= 0.3 is 0 Å². The van der Waals surface area contributed by atoms with Crippen LogP contribution in [0.2, 0.25) is 5.02 Å². The molecular formula is C17H24ClN3. The van der Waals surface area contributed by atoms with E-state index < -0.39 is 0 Å². The summed E-state index contributed by atoms with van der Waals surface area (Å²) in [5.41, 5.74) is 2.61. The summed E-state index contributed by atoms with van der Waals surface area (Å²) in [6.07, 6.45) is 7.34. The molecule has 3 nitrogen and oxygen atoms in total. The SMILES string of the molecule is CCCNCC(CCc1cnn(C)c1)c1cccc(Cl)c1. The number of hydrogen-bond donors (Lipinski definition) is 1. The summed E-state index contributed by atoms with van der Waals surface area (Å²) in [5, 5.41) is 8.58.